The maximum Gasteiger partial charge on any atom is 0.247 e. The Morgan fingerprint density at radius 3 is 2.41 bits per heavy atom. The Kier molecular flexibility index (Phi) is 3.25. The summed E-state index contributed by atoms with van der Waals surface area (Å²) < 4.78 is 0. The first-order chi connectivity index (χ1) is 8.29. The molecular formula is C13H11N3O. The van der Waals surface area contributed by atoms with E-state index in [0.717, 1.165) is 11.3 Å². The molecule has 1 aromatic heterocycles. The predicted octanol–water partition coefficient (Wildman–Crippen LogP) is 2.27. The Labute approximate surface area is 99.0 Å². The zero-order valence-corrected chi connectivity index (χ0v) is 9.13. The Bertz CT molecular complexity index is 520. The van der Waals surface area contributed by atoms with Crippen LogP contribution in [0, 0.1) is 0 Å². The van der Waals surface area contributed by atoms with Crippen LogP contribution in [0.3, 0.4) is 0 Å². The van der Waals surface area contributed by atoms with Gasteiger partial charge in [0.1, 0.15) is 0 Å². The standard InChI is InChI=1S/C13H11N3O/c1-2-12(17)16-11-6-4-10(5-7-11)13-14-8-3-9-15-13/h2-9H,1H2,(H,16,17). The van der Waals surface area contributed by atoms with Gasteiger partial charge in [0.15, 0.2) is 5.82 Å². The van der Waals surface area contributed by atoms with Gasteiger partial charge in [0.2, 0.25) is 5.91 Å². The molecule has 0 atom stereocenters. The van der Waals surface area contributed by atoms with Crippen LogP contribution in [0.1, 0.15) is 0 Å². The Balaban J connectivity index is 2.19. The summed E-state index contributed by atoms with van der Waals surface area (Å²) in [5, 5.41) is 2.67. The van der Waals surface area contributed by atoms with Gasteiger partial charge in [-0.3, -0.25) is 4.79 Å². The number of aromatic nitrogens is 2. The third-order valence-corrected chi connectivity index (χ3v) is 2.16. The van der Waals surface area contributed by atoms with E-state index in [-0.39, 0.29) is 5.91 Å². The first-order valence-electron chi connectivity index (χ1n) is 5.10. The molecule has 1 heterocycles. The van der Waals surface area contributed by atoms with Crippen molar-refractivity contribution >= 4 is 11.6 Å². The van der Waals surface area contributed by atoms with Gasteiger partial charge >= 0.3 is 0 Å². The molecule has 0 saturated carbocycles. The number of hydrogen-bond acceptors (Lipinski definition) is 3. The number of carbonyl (C=O) groups excluding carboxylic acids is 1. The summed E-state index contributed by atoms with van der Waals surface area (Å²) in [5.74, 6) is 0.433. The SMILES string of the molecule is C=CC(=O)Nc1ccc(-c2ncccn2)cc1. The van der Waals surface area contributed by atoms with E-state index in [2.05, 4.69) is 21.9 Å². The molecule has 1 amide bonds. The fourth-order valence-electron chi connectivity index (χ4n) is 1.34. The average molecular weight is 225 g/mol. The van der Waals surface area contributed by atoms with Crippen molar-refractivity contribution in [2.24, 2.45) is 0 Å². The van der Waals surface area contributed by atoms with Crippen LogP contribution >= 0.6 is 0 Å². The molecule has 0 fully saturated rings. The molecule has 4 heteroatoms. The topological polar surface area (TPSA) is 54.9 Å². The molecule has 0 aliphatic rings. The van der Waals surface area contributed by atoms with Gasteiger partial charge in [0, 0.05) is 23.6 Å². The summed E-state index contributed by atoms with van der Waals surface area (Å²) in [4.78, 5) is 19.4. The Hall–Kier alpha value is -2.49. The molecule has 1 aromatic carbocycles. The largest absolute Gasteiger partial charge is 0.323 e. The minimum absolute atomic E-state index is 0.228. The molecule has 0 unspecified atom stereocenters. The van der Waals surface area contributed by atoms with Gasteiger partial charge in [-0.1, -0.05) is 6.58 Å². The smallest absolute Gasteiger partial charge is 0.247 e. The number of hydrogen-bond donors (Lipinski definition) is 1. The second kappa shape index (κ2) is 5.03. The minimum atomic E-state index is -0.228. The van der Waals surface area contributed by atoms with E-state index in [4.69, 9.17) is 0 Å². The van der Waals surface area contributed by atoms with Gasteiger partial charge < -0.3 is 5.32 Å². The number of nitrogens with one attached hydrogen (secondary N) is 1. The fraction of sp³-hybridized carbons (Fsp3) is 0. The Morgan fingerprint density at radius 2 is 1.82 bits per heavy atom. The second-order valence-electron chi connectivity index (χ2n) is 3.34. The second-order valence-corrected chi connectivity index (χ2v) is 3.34. The summed E-state index contributed by atoms with van der Waals surface area (Å²) >= 11 is 0. The summed E-state index contributed by atoms with van der Waals surface area (Å²) in [5.41, 5.74) is 1.62. The number of carbonyl (C=O) groups is 1. The molecular weight excluding hydrogens is 214 g/mol. The van der Waals surface area contributed by atoms with Gasteiger partial charge in [0.25, 0.3) is 0 Å². The maximum absolute atomic E-state index is 11.1. The van der Waals surface area contributed by atoms with Gasteiger partial charge in [0.05, 0.1) is 0 Å². The van der Waals surface area contributed by atoms with Gasteiger partial charge in [-0.05, 0) is 36.4 Å². The molecule has 2 rings (SSSR count). The number of anilines is 1. The van der Waals surface area contributed by atoms with E-state index < -0.39 is 0 Å². The van der Waals surface area contributed by atoms with Crippen LogP contribution in [0.5, 0.6) is 0 Å². The number of benzene rings is 1. The lowest BCUT2D eigenvalue weighted by Crippen LogP contribution is -2.06. The van der Waals surface area contributed by atoms with Crippen molar-refractivity contribution in [3.8, 4) is 11.4 Å². The summed E-state index contributed by atoms with van der Waals surface area (Å²) in [6, 6.07) is 9.07. The van der Waals surface area contributed by atoms with Crippen LogP contribution in [-0.4, -0.2) is 15.9 Å². The van der Waals surface area contributed by atoms with Crippen LogP contribution in [0.25, 0.3) is 11.4 Å². The number of rotatable bonds is 3. The highest BCUT2D eigenvalue weighted by Crippen LogP contribution is 2.17. The molecule has 1 N–H and O–H groups in total. The molecule has 4 nitrogen and oxygen atoms in total. The van der Waals surface area contributed by atoms with E-state index in [1.165, 1.54) is 6.08 Å². The molecule has 0 radical (unpaired) electrons. The fourth-order valence-corrected chi connectivity index (χ4v) is 1.34. The zero-order chi connectivity index (χ0) is 12.1. The van der Waals surface area contributed by atoms with E-state index in [9.17, 15) is 4.79 Å². The quantitative estimate of drug-likeness (QED) is 0.815. The predicted molar refractivity (Wildman–Crippen MR) is 66.3 cm³/mol. The lowest BCUT2D eigenvalue weighted by Gasteiger charge is -2.03. The van der Waals surface area contributed by atoms with Crippen LogP contribution in [-0.2, 0) is 4.79 Å². The lowest BCUT2D eigenvalue weighted by atomic mass is 10.2. The van der Waals surface area contributed by atoms with Crippen molar-refractivity contribution in [2.45, 2.75) is 0 Å². The third-order valence-electron chi connectivity index (χ3n) is 2.16. The van der Waals surface area contributed by atoms with E-state index >= 15 is 0 Å². The lowest BCUT2D eigenvalue weighted by molar-refractivity contribution is -0.111. The summed E-state index contributed by atoms with van der Waals surface area (Å²) in [6.45, 7) is 3.39. The maximum atomic E-state index is 11.1. The number of nitrogens with zero attached hydrogens (tertiary/aromatic N) is 2. The molecule has 17 heavy (non-hydrogen) atoms. The molecule has 0 aliphatic carbocycles. The van der Waals surface area contributed by atoms with Crippen LogP contribution in [0.4, 0.5) is 5.69 Å². The van der Waals surface area contributed by atoms with Crippen LogP contribution < -0.4 is 5.32 Å². The highest BCUT2D eigenvalue weighted by Gasteiger charge is 2.00. The van der Waals surface area contributed by atoms with E-state index in [1.54, 1.807) is 30.6 Å². The molecule has 2 aromatic rings. The average Bonchev–Trinajstić information content (AvgIpc) is 2.40. The van der Waals surface area contributed by atoms with Gasteiger partial charge in [-0.15, -0.1) is 0 Å². The summed E-state index contributed by atoms with van der Waals surface area (Å²) in [6.07, 6.45) is 4.61. The van der Waals surface area contributed by atoms with Crippen molar-refractivity contribution in [3.63, 3.8) is 0 Å². The first kappa shape index (κ1) is 11.0. The van der Waals surface area contributed by atoms with Crippen LogP contribution in [0.15, 0.2) is 55.4 Å². The van der Waals surface area contributed by atoms with Crippen LogP contribution in [0.2, 0.25) is 0 Å². The minimum Gasteiger partial charge on any atom is -0.323 e. The van der Waals surface area contributed by atoms with E-state index in [1.807, 2.05) is 12.1 Å². The van der Waals surface area contributed by atoms with Crippen molar-refractivity contribution in [3.05, 3.63) is 55.4 Å². The van der Waals surface area contributed by atoms with E-state index in [0.29, 0.717) is 5.82 Å². The highest BCUT2D eigenvalue weighted by molar-refractivity contribution is 5.98. The first-order valence-corrected chi connectivity index (χ1v) is 5.10. The van der Waals surface area contributed by atoms with Crippen molar-refractivity contribution in [2.75, 3.05) is 5.32 Å². The van der Waals surface area contributed by atoms with Crippen molar-refractivity contribution < 1.29 is 4.79 Å². The Morgan fingerprint density at radius 1 is 1.18 bits per heavy atom. The zero-order valence-electron chi connectivity index (χ0n) is 9.13. The van der Waals surface area contributed by atoms with Crippen molar-refractivity contribution in [1.29, 1.82) is 0 Å². The third kappa shape index (κ3) is 2.75. The highest BCUT2D eigenvalue weighted by atomic mass is 16.1. The molecule has 0 aliphatic heterocycles. The number of amides is 1. The molecule has 84 valence electrons. The molecule has 0 bridgehead atoms. The van der Waals surface area contributed by atoms with Gasteiger partial charge in [-0.25, -0.2) is 9.97 Å². The van der Waals surface area contributed by atoms with Crippen molar-refractivity contribution in [1.82, 2.24) is 9.97 Å². The monoisotopic (exact) mass is 225 g/mol. The normalized spacial score (nSPS) is 9.65. The summed E-state index contributed by atoms with van der Waals surface area (Å²) in [7, 11) is 0. The van der Waals surface area contributed by atoms with Gasteiger partial charge in [-0.2, -0.15) is 0 Å². The molecule has 0 spiro atoms. The molecule has 0 saturated heterocycles.